The molecule has 2 N–H and O–H groups in total. The number of hydrogen-bond acceptors (Lipinski definition) is 4. The van der Waals surface area contributed by atoms with Crippen LogP contribution < -0.4 is 10.6 Å². The fourth-order valence-electron chi connectivity index (χ4n) is 3.10. The molecule has 0 bridgehead atoms. The standard InChI is InChI=1S/C20H28N4OS/c1-14-12-16(26-20(2,3)4)7-8-17(14)22-19(25)18-9-11-24(23-18)15-6-5-10-21-13-15/h7-9,11-12,15,21H,5-6,10,13H2,1-4H3,(H,22,25). The Bertz CT molecular complexity index is 772. The second kappa shape index (κ2) is 7.84. The van der Waals surface area contributed by atoms with Crippen molar-refractivity contribution in [3.8, 4) is 0 Å². The number of aromatic nitrogens is 2. The highest BCUT2D eigenvalue weighted by Crippen LogP contribution is 2.33. The van der Waals surface area contributed by atoms with E-state index in [-0.39, 0.29) is 10.7 Å². The van der Waals surface area contributed by atoms with Crippen LogP contribution in [-0.4, -0.2) is 33.5 Å². The Morgan fingerprint density at radius 3 is 2.81 bits per heavy atom. The van der Waals surface area contributed by atoms with E-state index in [0.29, 0.717) is 11.7 Å². The number of rotatable bonds is 4. The summed E-state index contributed by atoms with van der Waals surface area (Å²) in [7, 11) is 0. The van der Waals surface area contributed by atoms with Crippen LogP contribution in [0.5, 0.6) is 0 Å². The summed E-state index contributed by atoms with van der Waals surface area (Å²) in [5.41, 5.74) is 2.36. The molecule has 1 fully saturated rings. The number of piperidine rings is 1. The Balaban J connectivity index is 1.67. The summed E-state index contributed by atoms with van der Waals surface area (Å²) in [4.78, 5) is 13.8. The van der Waals surface area contributed by atoms with Crippen molar-refractivity contribution < 1.29 is 4.79 Å². The molecule has 2 aromatic rings. The number of thioether (sulfide) groups is 1. The summed E-state index contributed by atoms with van der Waals surface area (Å²) in [6.45, 7) is 10.6. The molecule has 3 rings (SSSR count). The van der Waals surface area contributed by atoms with E-state index >= 15 is 0 Å². The fourth-order valence-corrected chi connectivity index (χ4v) is 4.18. The zero-order valence-corrected chi connectivity index (χ0v) is 16.8. The molecule has 0 spiro atoms. The molecule has 1 aromatic heterocycles. The first-order valence-corrected chi connectivity index (χ1v) is 10.0. The number of benzene rings is 1. The van der Waals surface area contributed by atoms with E-state index in [0.717, 1.165) is 37.2 Å². The van der Waals surface area contributed by atoms with E-state index in [9.17, 15) is 4.79 Å². The fraction of sp³-hybridized carbons (Fsp3) is 0.500. The van der Waals surface area contributed by atoms with Crippen LogP contribution in [0.25, 0.3) is 0 Å². The molecular weight excluding hydrogens is 344 g/mol. The lowest BCUT2D eigenvalue weighted by atomic mass is 10.1. The highest BCUT2D eigenvalue weighted by molar-refractivity contribution is 8.00. The number of nitrogens with one attached hydrogen (secondary N) is 2. The number of anilines is 1. The lowest BCUT2D eigenvalue weighted by Crippen LogP contribution is -2.32. The summed E-state index contributed by atoms with van der Waals surface area (Å²) in [6.07, 6.45) is 4.15. The van der Waals surface area contributed by atoms with Crippen molar-refractivity contribution in [2.45, 2.75) is 56.2 Å². The van der Waals surface area contributed by atoms with Crippen LogP contribution in [0.3, 0.4) is 0 Å². The molecule has 6 heteroatoms. The molecular formula is C20H28N4OS. The SMILES string of the molecule is Cc1cc(SC(C)(C)C)ccc1NC(=O)c1ccn(C2CCCNC2)n1. The third-order valence-electron chi connectivity index (χ3n) is 4.36. The average molecular weight is 373 g/mol. The number of hydrogen-bond donors (Lipinski definition) is 2. The van der Waals surface area contributed by atoms with Crippen LogP contribution in [0.2, 0.25) is 0 Å². The molecule has 140 valence electrons. The number of nitrogens with zero attached hydrogens (tertiary/aromatic N) is 2. The molecule has 1 unspecified atom stereocenters. The van der Waals surface area contributed by atoms with Gasteiger partial charge in [0.2, 0.25) is 0 Å². The van der Waals surface area contributed by atoms with Crippen LogP contribution >= 0.6 is 11.8 Å². The second-order valence-corrected chi connectivity index (χ2v) is 9.73. The summed E-state index contributed by atoms with van der Waals surface area (Å²) in [6, 6.07) is 8.29. The third kappa shape index (κ3) is 4.89. The van der Waals surface area contributed by atoms with Gasteiger partial charge < -0.3 is 10.6 Å². The van der Waals surface area contributed by atoms with E-state index < -0.39 is 0 Å². The predicted octanol–water partition coefficient (Wildman–Crippen LogP) is 4.26. The molecule has 26 heavy (non-hydrogen) atoms. The van der Waals surface area contributed by atoms with E-state index in [2.05, 4.69) is 48.6 Å². The Morgan fingerprint density at radius 2 is 2.15 bits per heavy atom. The zero-order chi connectivity index (χ0) is 18.7. The van der Waals surface area contributed by atoms with Crippen molar-refractivity contribution in [1.82, 2.24) is 15.1 Å². The molecule has 1 aliphatic heterocycles. The maximum atomic E-state index is 12.6. The number of aryl methyl sites for hydroxylation is 1. The van der Waals surface area contributed by atoms with Gasteiger partial charge in [0, 0.05) is 28.1 Å². The average Bonchev–Trinajstić information content (AvgIpc) is 3.07. The van der Waals surface area contributed by atoms with Gasteiger partial charge in [0.15, 0.2) is 5.69 Å². The lowest BCUT2D eigenvalue weighted by Gasteiger charge is -2.22. The lowest BCUT2D eigenvalue weighted by molar-refractivity contribution is 0.102. The monoisotopic (exact) mass is 372 g/mol. The van der Waals surface area contributed by atoms with Crippen molar-refractivity contribution in [2.75, 3.05) is 18.4 Å². The minimum absolute atomic E-state index is 0.160. The molecule has 5 nitrogen and oxygen atoms in total. The molecule has 1 atom stereocenters. The van der Waals surface area contributed by atoms with Gasteiger partial charge in [-0.25, -0.2) is 0 Å². The van der Waals surface area contributed by atoms with Crippen molar-refractivity contribution in [3.63, 3.8) is 0 Å². The number of carbonyl (C=O) groups excluding carboxylic acids is 1. The number of carbonyl (C=O) groups is 1. The maximum absolute atomic E-state index is 12.6. The first-order chi connectivity index (χ1) is 12.3. The van der Waals surface area contributed by atoms with Crippen molar-refractivity contribution >= 4 is 23.4 Å². The Labute approximate surface area is 159 Å². The highest BCUT2D eigenvalue weighted by atomic mass is 32.2. The van der Waals surface area contributed by atoms with Gasteiger partial charge in [0.25, 0.3) is 5.91 Å². The second-order valence-electron chi connectivity index (χ2n) is 7.83. The van der Waals surface area contributed by atoms with Crippen LogP contribution in [0.15, 0.2) is 35.4 Å². The van der Waals surface area contributed by atoms with Crippen molar-refractivity contribution in [2.24, 2.45) is 0 Å². The summed E-state index contributed by atoms with van der Waals surface area (Å²) in [5.74, 6) is -0.160. The predicted molar refractivity (Wildman–Crippen MR) is 108 cm³/mol. The van der Waals surface area contributed by atoms with Crippen LogP contribution in [-0.2, 0) is 0 Å². The van der Waals surface area contributed by atoms with Gasteiger partial charge in [0.05, 0.1) is 6.04 Å². The van der Waals surface area contributed by atoms with Gasteiger partial charge in [-0.1, -0.05) is 20.8 Å². The molecule has 1 aromatic carbocycles. The van der Waals surface area contributed by atoms with Crippen LogP contribution in [0.4, 0.5) is 5.69 Å². The summed E-state index contributed by atoms with van der Waals surface area (Å²) >= 11 is 1.82. The van der Waals surface area contributed by atoms with Gasteiger partial charge in [-0.05, 0) is 56.1 Å². The first kappa shape index (κ1) is 19.0. The normalized spacial score (nSPS) is 17.9. The molecule has 1 saturated heterocycles. The quantitative estimate of drug-likeness (QED) is 0.788. The molecule has 1 aliphatic rings. The van der Waals surface area contributed by atoms with Crippen LogP contribution in [0, 0.1) is 6.92 Å². The van der Waals surface area contributed by atoms with Gasteiger partial charge in [-0.2, -0.15) is 5.10 Å². The van der Waals surface area contributed by atoms with Gasteiger partial charge in [-0.3, -0.25) is 9.48 Å². The van der Waals surface area contributed by atoms with E-state index in [1.807, 2.05) is 35.6 Å². The Morgan fingerprint density at radius 1 is 1.35 bits per heavy atom. The molecule has 0 saturated carbocycles. The first-order valence-electron chi connectivity index (χ1n) is 9.19. The molecule has 0 aliphatic carbocycles. The van der Waals surface area contributed by atoms with Crippen LogP contribution in [0.1, 0.15) is 55.7 Å². The molecule has 2 heterocycles. The Kier molecular flexibility index (Phi) is 5.73. The zero-order valence-electron chi connectivity index (χ0n) is 16.0. The highest BCUT2D eigenvalue weighted by Gasteiger charge is 2.18. The maximum Gasteiger partial charge on any atom is 0.276 e. The van der Waals surface area contributed by atoms with Gasteiger partial charge in [-0.15, -0.1) is 11.8 Å². The van der Waals surface area contributed by atoms with Gasteiger partial charge >= 0.3 is 0 Å². The van der Waals surface area contributed by atoms with Crippen molar-refractivity contribution in [1.29, 1.82) is 0 Å². The smallest absolute Gasteiger partial charge is 0.276 e. The Hall–Kier alpha value is -1.79. The van der Waals surface area contributed by atoms with E-state index in [1.165, 1.54) is 4.90 Å². The molecule has 0 radical (unpaired) electrons. The minimum atomic E-state index is -0.160. The largest absolute Gasteiger partial charge is 0.320 e. The summed E-state index contributed by atoms with van der Waals surface area (Å²) < 4.78 is 2.08. The third-order valence-corrected chi connectivity index (χ3v) is 5.46. The minimum Gasteiger partial charge on any atom is -0.320 e. The van der Waals surface area contributed by atoms with E-state index in [4.69, 9.17) is 0 Å². The van der Waals surface area contributed by atoms with Crippen molar-refractivity contribution in [3.05, 3.63) is 41.7 Å². The molecule has 1 amide bonds. The number of amides is 1. The van der Waals surface area contributed by atoms with E-state index in [1.54, 1.807) is 6.07 Å². The summed E-state index contributed by atoms with van der Waals surface area (Å²) in [5, 5.41) is 10.9. The topological polar surface area (TPSA) is 59.0 Å². The van der Waals surface area contributed by atoms with Gasteiger partial charge in [0.1, 0.15) is 0 Å².